The quantitative estimate of drug-likeness (QED) is 0.497. The van der Waals surface area contributed by atoms with E-state index in [2.05, 4.69) is 5.32 Å². The van der Waals surface area contributed by atoms with E-state index in [4.69, 9.17) is 14.6 Å². The van der Waals surface area contributed by atoms with Crippen LogP contribution < -0.4 is 5.32 Å². The second-order valence-electron chi connectivity index (χ2n) is 3.51. The van der Waals surface area contributed by atoms with Gasteiger partial charge in [0.25, 0.3) is 0 Å². The first kappa shape index (κ1) is 17.0. The molecule has 0 aromatic carbocycles. The van der Waals surface area contributed by atoms with Crippen molar-refractivity contribution in [3.05, 3.63) is 0 Å². The maximum atomic E-state index is 11.6. The number of amides is 1. The molecule has 0 saturated carbocycles. The molecule has 18 heavy (non-hydrogen) atoms. The van der Waals surface area contributed by atoms with Crippen molar-refractivity contribution in [3.8, 4) is 0 Å². The highest BCUT2D eigenvalue weighted by Gasteiger charge is 2.20. The Kier molecular flexibility index (Phi) is 9.43. The van der Waals surface area contributed by atoms with E-state index in [0.717, 1.165) is 0 Å². The number of carboxylic acids is 1. The molecule has 106 valence electrons. The Labute approximate surface area is 108 Å². The number of carbonyl (C=O) groups excluding carboxylic acids is 1. The zero-order valence-corrected chi connectivity index (χ0v) is 11.3. The third kappa shape index (κ3) is 9.08. The number of carbonyl (C=O) groups is 2. The van der Waals surface area contributed by atoms with Gasteiger partial charge in [-0.25, -0.2) is 4.79 Å². The molecule has 2 N–H and O–H groups in total. The second-order valence-corrected chi connectivity index (χ2v) is 5.13. The van der Waals surface area contributed by atoms with E-state index in [9.17, 15) is 13.8 Å². The van der Waals surface area contributed by atoms with Crippen molar-refractivity contribution in [3.63, 3.8) is 0 Å². The van der Waals surface area contributed by atoms with E-state index in [1.165, 1.54) is 6.92 Å². The molecular weight excluding hydrogens is 262 g/mol. The molecule has 2 atom stereocenters. The number of carboxylic acid groups (broad SMARTS) is 1. The molecule has 0 spiro atoms. The highest BCUT2D eigenvalue weighted by molar-refractivity contribution is 7.85. The smallest absolute Gasteiger partial charge is 0.327 e. The zero-order valence-electron chi connectivity index (χ0n) is 10.5. The second kappa shape index (κ2) is 9.98. The van der Waals surface area contributed by atoms with Crippen LogP contribution in [0.15, 0.2) is 0 Å². The molecule has 0 heterocycles. The topological polar surface area (TPSA) is 102 Å². The summed E-state index contributed by atoms with van der Waals surface area (Å²) < 4.78 is 21.4. The lowest BCUT2D eigenvalue weighted by Gasteiger charge is -2.12. The van der Waals surface area contributed by atoms with Crippen molar-refractivity contribution >= 4 is 22.7 Å². The van der Waals surface area contributed by atoms with E-state index in [1.807, 2.05) is 0 Å². The summed E-state index contributed by atoms with van der Waals surface area (Å²) in [5.74, 6) is -1.55. The Balaban J connectivity index is 3.88. The molecule has 0 aliphatic rings. The average molecular weight is 281 g/mol. The maximum absolute atomic E-state index is 11.6. The Morgan fingerprint density at radius 1 is 1.33 bits per heavy atom. The summed E-state index contributed by atoms with van der Waals surface area (Å²) in [6, 6.07) is -1.12. The molecule has 0 bridgehead atoms. The lowest BCUT2D eigenvalue weighted by atomic mass is 10.3. The van der Waals surface area contributed by atoms with E-state index in [-0.39, 0.29) is 18.1 Å². The third-order valence-electron chi connectivity index (χ3n) is 1.92. The van der Waals surface area contributed by atoms with Gasteiger partial charge in [0.1, 0.15) is 6.04 Å². The van der Waals surface area contributed by atoms with Gasteiger partial charge < -0.3 is 19.9 Å². The molecule has 8 heteroatoms. The van der Waals surface area contributed by atoms with Crippen LogP contribution >= 0.6 is 0 Å². The van der Waals surface area contributed by atoms with Gasteiger partial charge in [-0.3, -0.25) is 9.00 Å². The van der Waals surface area contributed by atoms with Crippen molar-refractivity contribution in [1.29, 1.82) is 0 Å². The fourth-order valence-electron chi connectivity index (χ4n) is 1.09. The highest BCUT2D eigenvalue weighted by atomic mass is 32.2. The summed E-state index contributed by atoms with van der Waals surface area (Å²) >= 11 is 0. The standard InChI is InChI=1S/C10H19NO6S/c1-8(12)11-9(10(13)14)7-18(15)6-5-17-4-3-16-2/h9H,3-7H2,1-2H3,(H,11,12)(H,13,14)/t9-,18?/m0/s1. The molecule has 0 aliphatic heterocycles. The summed E-state index contributed by atoms with van der Waals surface area (Å²) in [7, 11) is 0.194. The Hall–Kier alpha value is -0.990. The maximum Gasteiger partial charge on any atom is 0.327 e. The number of rotatable bonds is 10. The molecule has 0 aliphatic carbocycles. The highest BCUT2D eigenvalue weighted by Crippen LogP contribution is 1.92. The van der Waals surface area contributed by atoms with Crippen LogP contribution in [0.4, 0.5) is 0 Å². The van der Waals surface area contributed by atoms with Crippen LogP contribution in [0.1, 0.15) is 6.92 Å². The summed E-state index contributed by atoms with van der Waals surface area (Å²) in [5.41, 5.74) is 0. The van der Waals surface area contributed by atoms with E-state index < -0.39 is 28.7 Å². The monoisotopic (exact) mass is 281 g/mol. The number of aliphatic carboxylic acids is 1. The first-order valence-electron chi connectivity index (χ1n) is 5.39. The van der Waals surface area contributed by atoms with Crippen molar-refractivity contribution in [2.24, 2.45) is 0 Å². The molecule has 1 amide bonds. The minimum Gasteiger partial charge on any atom is -0.480 e. The van der Waals surface area contributed by atoms with Crippen LogP contribution in [-0.4, -0.2) is 65.7 Å². The fraction of sp³-hybridized carbons (Fsp3) is 0.800. The summed E-state index contributed by atoms with van der Waals surface area (Å²) in [6.07, 6.45) is 0. The number of hydrogen-bond donors (Lipinski definition) is 2. The molecular formula is C10H19NO6S. The van der Waals surface area contributed by atoms with Gasteiger partial charge in [0.2, 0.25) is 5.91 Å². The summed E-state index contributed by atoms with van der Waals surface area (Å²) in [5, 5.41) is 11.0. The lowest BCUT2D eigenvalue weighted by Crippen LogP contribution is -2.43. The zero-order chi connectivity index (χ0) is 14.0. The minimum absolute atomic E-state index is 0.122. The van der Waals surface area contributed by atoms with Crippen molar-refractivity contribution in [2.45, 2.75) is 13.0 Å². The van der Waals surface area contributed by atoms with Crippen molar-refractivity contribution in [1.82, 2.24) is 5.32 Å². The van der Waals surface area contributed by atoms with E-state index in [1.54, 1.807) is 7.11 Å². The molecule has 0 rings (SSSR count). The lowest BCUT2D eigenvalue weighted by molar-refractivity contribution is -0.140. The van der Waals surface area contributed by atoms with Crippen molar-refractivity contribution in [2.75, 3.05) is 38.4 Å². The number of ether oxygens (including phenoxy) is 2. The number of methoxy groups -OCH3 is 1. The van der Waals surface area contributed by atoms with Gasteiger partial charge in [-0.2, -0.15) is 0 Å². The fourth-order valence-corrected chi connectivity index (χ4v) is 2.15. The first-order chi connectivity index (χ1) is 8.47. The molecule has 0 fully saturated rings. The van der Waals surface area contributed by atoms with Gasteiger partial charge in [-0.05, 0) is 0 Å². The van der Waals surface area contributed by atoms with Crippen LogP contribution in [0.25, 0.3) is 0 Å². The average Bonchev–Trinajstić information content (AvgIpc) is 2.27. The number of hydrogen-bond acceptors (Lipinski definition) is 5. The largest absolute Gasteiger partial charge is 0.480 e. The predicted molar refractivity (Wildman–Crippen MR) is 65.8 cm³/mol. The Morgan fingerprint density at radius 3 is 2.50 bits per heavy atom. The van der Waals surface area contributed by atoms with E-state index in [0.29, 0.717) is 13.2 Å². The van der Waals surface area contributed by atoms with Gasteiger partial charge in [-0.15, -0.1) is 0 Å². The third-order valence-corrected chi connectivity index (χ3v) is 3.24. The molecule has 0 radical (unpaired) electrons. The summed E-state index contributed by atoms with van der Waals surface area (Å²) in [6.45, 7) is 2.34. The summed E-state index contributed by atoms with van der Waals surface area (Å²) in [4.78, 5) is 21.5. The Bertz CT molecular complexity index is 296. The van der Waals surface area contributed by atoms with Crippen LogP contribution in [0, 0.1) is 0 Å². The Morgan fingerprint density at radius 2 is 2.00 bits per heavy atom. The molecule has 0 saturated heterocycles. The van der Waals surface area contributed by atoms with Crippen molar-refractivity contribution < 1.29 is 28.4 Å². The van der Waals surface area contributed by atoms with Gasteiger partial charge in [-0.1, -0.05) is 0 Å². The van der Waals surface area contributed by atoms with Gasteiger partial charge in [0.05, 0.1) is 25.6 Å². The molecule has 1 unspecified atom stereocenters. The SMILES string of the molecule is COCCOCCS(=O)C[C@H](NC(C)=O)C(=O)O. The van der Waals surface area contributed by atoms with Crippen LogP contribution in [0.2, 0.25) is 0 Å². The minimum atomic E-state index is -1.35. The van der Waals surface area contributed by atoms with Crippen LogP contribution in [0.3, 0.4) is 0 Å². The van der Waals surface area contributed by atoms with E-state index >= 15 is 0 Å². The predicted octanol–water partition coefficient (Wildman–Crippen LogP) is -1.01. The molecule has 7 nitrogen and oxygen atoms in total. The van der Waals surface area contributed by atoms with Gasteiger partial charge >= 0.3 is 5.97 Å². The van der Waals surface area contributed by atoms with Gasteiger partial charge in [0, 0.05) is 30.6 Å². The van der Waals surface area contributed by atoms with Crippen LogP contribution in [0.5, 0.6) is 0 Å². The van der Waals surface area contributed by atoms with Crippen LogP contribution in [-0.2, 0) is 29.9 Å². The molecule has 0 aromatic heterocycles. The van der Waals surface area contributed by atoms with Gasteiger partial charge in [0.15, 0.2) is 0 Å². The first-order valence-corrected chi connectivity index (χ1v) is 6.87. The molecule has 0 aromatic rings. The normalized spacial score (nSPS) is 13.9. The number of nitrogens with one attached hydrogen (secondary N) is 1.